The standard InChI is InChI=1S/C19H15F3N6O4/c1-26(9-17(29)25-14-5-3-2-4-13(14)19(20,21)22)18(30)12-6-7-15(16(8-12)28(31)32)27-11-23-10-24-27/h2-8,10-11H,9H2,1H3,(H,25,29). The third kappa shape index (κ3) is 4.88. The van der Waals surface area contributed by atoms with E-state index in [1.54, 1.807) is 0 Å². The Morgan fingerprint density at radius 3 is 2.56 bits per heavy atom. The van der Waals surface area contributed by atoms with Gasteiger partial charge in [0.1, 0.15) is 18.3 Å². The number of benzene rings is 2. The number of carbonyl (C=O) groups is 2. The molecule has 0 unspecified atom stereocenters. The largest absolute Gasteiger partial charge is 0.418 e. The highest BCUT2D eigenvalue weighted by molar-refractivity contribution is 6.00. The predicted molar refractivity (Wildman–Crippen MR) is 105 cm³/mol. The van der Waals surface area contributed by atoms with Crippen molar-refractivity contribution in [3.8, 4) is 5.69 Å². The third-order valence-corrected chi connectivity index (χ3v) is 4.32. The molecule has 1 heterocycles. The van der Waals surface area contributed by atoms with E-state index in [2.05, 4.69) is 15.4 Å². The summed E-state index contributed by atoms with van der Waals surface area (Å²) < 4.78 is 40.4. The van der Waals surface area contributed by atoms with Gasteiger partial charge in [-0.05, 0) is 24.3 Å². The molecular weight excluding hydrogens is 433 g/mol. The molecule has 166 valence electrons. The lowest BCUT2D eigenvalue weighted by Gasteiger charge is -2.18. The fourth-order valence-electron chi connectivity index (χ4n) is 2.87. The van der Waals surface area contributed by atoms with Crippen molar-refractivity contribution in [1.82, 2.24) is 19.7 Å². The van der Waals surface area contributed by atoms with Crippen molar-refractivity contribution in [1.29, 1.82) is 0 Å². The Hall–Kier alpha value is -4.29. The number of nitro benzene ring substituents is 1. The summed E-state index contributed by atoms with van der Waals surface area (Å²) in [5.74, 6) is -1.61. The summed E-state index contributed by atoms with van der Waals surface area (Å²) in [5, 5.41) is 17.4. The molecule has 0 aliphatic heterocycles. The number of anilines is 1. The molecule has 0 atom stereocenters. The van der Waals surface area contributed by atoms with Crippen LogP contribution in [0.25, 0.3) is 5.69 Å². The van der Waals surface area contributed by atoms with Crippen LogP contribution in [0, 0.1) is 10.1 Å². The molecular formula is C19H15F3N6O4. The maximum Gasteiger partial charge on any atom is 0.418 e. The minimum Gasteiger partial charge on any atom is -0.332 e. The molecule has 0 fully saturated rings. The van der Waals surface area contributed by atoms with Crippen molar-refractivity contribution in [3.05, 3.63) is 76.4 Å². The van der Waals surface area contributed by atoms with E-state index in [9.17, 15) is 32.9 Å². The number of carbonyl (C=O) groups excluding carboxylic acids is 2. The van der Waals surface area contributed by atoms with E-state index in [0.717, 1.165) is 27.8 Å². The quantitative estimate of drug-likeness (QED) is 0.457. The summed E-state index contributed by atoms with van der Waals surface area (Å²) in [6.07, 6.45) is -2.23. The van der Waals surface area contributed by atoms with Crippen LogP contribution in [0.15, 0.2) is 55.1 Å². The van der Waals surface area contributed by atoms with Crippen LogP contribution in [0.1, 0.15) is 15.9 Å². The highest BCUT2D eigenvalue weighted by Crippen LogP contribution is 2.34. The summed E-state index contributed by atoms with van der Waals surface area (Å²) in [4.78, 5) is 40.2. The van der Waals surface area contributed by atoms with Gasteiger partial charge < -0.3 is 10.2 Å². The van der Waals surface area contributed by atoms with Crippen LogP contribution in [0.2, 0.25) is 0 Å². The summed E-state index contributed by atoms with van der Waals surface area (Å²) >= 11 is 0. The van der Waals surface area contributed by atoms with Crippen LogP contribution in [0.4, 0.5) is 24.5 Å². The molecule has 0 saturated heterocycles. The lowest BCUT2D eigenvalue weighted by atomic mass is 10.1. The summed E-state index contributed by atoms with van der Waals surface area (Å²) in [5.41, 5.74) is -1.90. The van der Waals surface area contributed by atoms with Gasteiger partial charge in [0.05, 0.1) is 22.7 Å². The van der Waals surface area contributed by atoms with E-state index in [1.165, 1.54) is 44.0 Å². The second kappa shape index (κ2) is 8.83. The lowest BCUT2D eigenvalue weighted by Crippen LogP contribution is -2.35. The van der Waals surface area contributed by atoms with Gasteiger partial charge >= 0.3 is 6.18 Å². The van der Waals surface area contributed by atoms with Gasteiger partial charge in [0.2, 0.25) is 5.91 Å². The van der Waals surface area contributed by atoms with Crippen molar-refractivity contribution >= 4 is 23.2 Å². The van der Waals surface area contributed by atoms with E-state index in [0.29, 0.717) is 0 Å². The van der Waals surface area contributed by atoms with Gasteiger partial charge in [-0.3, -0.25) is 19.7 Å². The van der Waals surface area contributed by atoms with Crippen LogP contribution < -0.4 is 5.32 Å². The van der Waals surface area contributed by atoms with Crippen LogP contribution in [-0.4, -0.2) is 50.0 Å². The topological polar surface area (TPSA) is 123 Å². The van der Waals surface area contributed by atoms with E-state index in [1.807, 2.05) is 0 Å². The highest BCUT2D eigenvalue weighted by Gasteiger charge is 2.33. The molecule has 3 rings (SSSR count). The highest BCUT2D eigenvalue weighted by atomic mass is 19.4. The third-order valence-electron chi connectivity index (χ3n) is 4.32. The summed E-state index contributed by atoms with van der Waals surface area (Å²) in [7, 11) is 1.24. The first-order valence-corrected chi connectivity index (χ1v) is 8.93. The predicted octanol–water partition coefficient (Wildman–Crippen LogP) is 2.91. The van der Waals surface area contributed by atoms with E-state index < -0.39 is 46.4 Å². The minimum absolute atomic E-state index is 0.0770. The molecule has 2 aromatic carbocycles. The number of rotatable bonds is 6. The molecule has 0 radical (unpaired) electrons. The Kier molecular flexibility index (Phi) is 6.18. The van der Waals surface area contributed by atoms with E-state index in [-0.39, 0.29) is 11.3 Å². The monoisotopic (exact) mass is 448 g/mol. The minimum atomic E-state index is -4.67. The zero-order chi connectivity index (χ0) is 23.5. The van der Waals surface area contributed by atoms with Crippen molar-refractivity contribution in [2.24, 2.45) is 0 Å². The van der Waals surface area contributed by atoms with Gasteiger partial charge in [-0.25, -0.2) is 9.67 Å². The number of likely N-dealkylation sites (N-methyl/N-ethyl adjacent to an activating group) is 1. The smallest absolute Gasteiger partial charge is 0.332 e. The normalized spacial score (nSPS) is 11.1. The fraction of sp³-hybridized carbons (Fsp3) is 0.158. The number of hydrogen-bond acceptors (Lipinski definition) is 6. The van der Waals surface area contributed by atoms with Crippen LogP contribution in [-0.2, 0) is 11.0 Å². The molecule has 2 amide bonds. The fourth-order valence-corrected chi connectivity index (χ4v) is 2.87. The van der Waals surface area contributed by atoms with Gasteiger partial charge in [-0.15, -0.1) is 0 Å². The molecule has 32 heavy (non-hydrogen) atoms. The van der Waals surface area contributed by atoms with E-state index >= 15 is 0 Å². The zero-order valence-corrected chi connectivity index (χ0v) is 16.4. The number of alkyl halides is 3. The van der Waals surface area contributed by atoms with Gasteiger partial charge in [0.25, 0.3) is 11.6 Å². The Morgan fingerprint density at radius 2 is 1.94 bits per heavy atom. The molecule has 13 heteroatoms. The van der Waals surface area contributed by atoms with Gasteiger partial charge in [-0.2, -0.15) is 18.3 Å². The number of nitro groups is 1. The number of nitrogens with one attached hydrogen (secondary N) is 1. The Bertz CT molecular complexity index is 1160. The van der Waals surface area contributed by atoms with Crippen molar-refractivity contribution in [3.63, 3.8) is 0 Å². The first kappa shape index (κ1) is 22.4. The second-order valence-electron chi connectivity index (χ2n) is 6.55. The Balaban J connectivity index is 1.76. The molecule has 1 aromatic heterocycles. The Morgan fingerprint density at radius 1 is 1.22 bits per heavy atom. The van der Waals surface area contributed by atoms with Gasteiger partial charge in [0, 0.05) is 18.7 Å². The first-order valence-electron chi connectivity index (χ1n) is 8.93. The average molecular weight is 448 g/mol. The molecule has 0 spiro atoms. The Labute approximate surface area is 178 Å². The van der Waals surface area contributed by atoms with Crippen molar-refractivity contribution < 1.29 is 27.7 Å². The summed E-state index contributed by atoms with van der Waals surface area (Å²) in [6, 6.07) is 8.05. The van der Waals surface area contributed by atoms with Gasteiger partial charge in [-0.1, -0.05) is 12.1 Å². The van der Waals surface area contributed by atoms with Crippen LogP contribution in [0.5, 0.6) is 0 Å². The first-order chi connectivity index (χ1) is 15.1. The average Bonchev–Trinajstić information content (AvgIpc) is 3.27. The lowest BCUT2D eigenvalue weighted by molar-refractivity contribution is -0.384. The molecule has 0 aliphatic rings. The maximum atomic E-state index is 13.1. The maximum absolute atomic E-state index is 13.1. The number of halogens is 3. The van der Waals surface area contributed by atoms with Crippen LogP contribution >= 0.6 is 0 Å². The number of nitrogens with zero attached hydrogens (tertiary/aromatic N) is 5. The number of amides is 2. The molecule has 0 aliphatic carbocycles. The molecule has 10 nitrogen and oxygen atoms in total. The summed E-state index contributed by atoms with van der Waals surface area (Å²) in [6.45, 7) is -0.580. The second-order valence-corrected chi connectivity index (χ2v) is 6.55. The van der Waals surface area contributed by atoms with E-state index in [4.69, 9.17) is 0 Å². The number of aromatic nitrogens is 3. The van der Waals surface area contributed by atoms with Crippen molar-refractivity contribution in [2.75, 3.05) is 18.9 Å². The van der Waals surface area contributed by atoms with Crippen LogP contribution in [0.3, 0.4) is 0 Å². The SMILES string of the molecule is CN(CC(=O)Nc1ccccc1C(F)(F)F)C(=O)c1ccc(-n2cncn2)c([N+](=O)[O-])c1. The number of para-hydroxylation sites is 1. The number of hydrogen-bond donors (Lipinski definition) is 1. The molecule has 3 aromatic rings. The molecule has 1 N–H and O–H groups in total. The molecule has 0 bridgehead atoms. The zero-order valence-electron chi connectivity index (χ0n) is 16.4. The van der Waals surface area contributed by atoms with Gasteiger partial charge in [0.15, 0.2) is 0 Å². The van der Waals surface area contributed by atoms with Crippen molar-refractivity contribution in [2.45, 2.75) is 6.18 Å². The molecule has 0 saturated carbocycles.